The van der Waals surface area contributed by atoms with Crippen LogP contribution in [0.1, 0.15) is 52.6 Å². The third kappa shape index (κ3) is 3.94. The Kier molecular flexibility index (Phi) is 5.98. The fraction of sp³-hybridized carbons (Fsp3) is 0.280. The van der Waals surface area contributed by atoms with E-state index in [-0.39, 0.29) is 0 Å². The van der Waals surface area contributed by atoms with Gasteiger partial charge in [0.15, 0.2) is 5.82 Å². The Morgan fingerprint density at radius 2 is 1.86 bits per heavy atom. The van der Waals surface area contributed by atoms with E-state index in [9.17, 15) is 9.90 Å². The summed E-state index contributed by atoms with van der Waals surface area (Å²) in [6, 6.07) is 7.18. The van der Waals surface area contributed by atoms with E-state index in [1.807, 2.05) is 42.7 Å². The lowest BCUT2D eigenvalue weighted by Crippen LogP contribution is -2.23. The summed E-state index contributed by atoms with van der Waals surface area (Å²) in [6.45, 7) is 7.90. The molecule has 0 aliphatic carbocycles. The van der Waals surface area contributed by atoms with Gasteiger partial charge in [-0.15, -0.1) is 21.5 Å². The predicted octanol–water partition coefficient (Wildman–Crippen LogP) is 5.37. The Balaban J connectivity index is 1.72. The number of benzene rings is 1. The van der Waals surface area contributed by atoms with Crippen LogP contribution < -0.4 is 0 Å². The van der Waals surface area contributed by atoms with Crippen LogP contribution in [0.3, 0.4) is 0 Å². The smallest absolute Gasteiger partial charge is 0.309 e. The topological polar surface area (TPSA) is 106 Å². The van der Waals surface area contributed by atoms with E-state index in [4.69, 9.17) is 16.6 Å². The SMILES string of the molecule is CCC(C(=O)O)[C@@H]1N=C(c2ccc(-c3cncc(Cl)n3)cc2)c2c(sc(C)c2C)-n2c(C)nnc21. The maximum absolute atomic E-state index is 12.2. The van der Waals surface area contributed by atoms with Crippen LogP contribution in [-0.4, -0.2) is 41.5 Å². The Labute approximate surface area is 211 Å². The molecule has 1 aliphatic heterocycles. The van der Waals surface area contributed by atoms with Gasteiger partial charge >= 0.3 is 5.97 Å². The molecule has 0 saturated heterocycles. The minimum absolute atomic E-state index is 0.328. The maximum atomic E-state index is 12.2. The van der Waals surface area contributed by atoms with E-state index in [1.54, 1.807) is 17.5 Å². The third-order valence-electron chi connectivity index (χ3n) is 6.39. The summed E-state index contributed by atoms with van der Waals surface area (Å²) in [6.07, 6.45) is 3.58. The summed E-state index contributed by atoms with van der Waals surface area (Å²) in [7, 11) is 0. The van der Waals surface area contributed by atoms with Crippen molar-refractivity contribution in [2.75, 3.05) is 0 Å². The fourth-order valence-electron chi connectivity index (χ4n) is 4.43. The summed E-state index contributed by atoms with van der Waals surface area (Å²) >= 11 is 7.66. The molecular weight excluding hydrogens is 484 g/mol. The molecule has 0 fully saturated rings. The van der Waals surface area contributed by atoms with E-state index in [0.717, 1.165) is 37.8 Å². The Bertz CT molecular complexity index is 1470. The number of carboxylic acids is 1. The molecule has 10 heteroatoms. The number of aromatic nitrogens is 5. The molecule has 5 rings (SSSR count). The van der Waals surface area contributed by atoms with Gasteiger partial charge in [-0.3, -0.25) is 19.3 Å². The third-order valence-corrected chi connectivity index (χ3v) is 7.76. The quantitative estimate of drug-likeness (QED) is 0.390. The van der Waals surface area contributed by atoms with Gasteiger partial charge in [0, 0.05) is 21.6 Å². The van der Waals surface area contributed by atoms with Crippen molar-refractivity contribution in [2.24, 2.45) is 10.9 Å². The average Bonchev–Trinajstić information content (AvgIpc) is 3.31. The summed E-state index contributed by atoms with van der Waals surface area (Å²) < 4.78 is 1.97. The number of fused-ring (bicyclic) bond motifs is 3. The van der Waals surface area contributed by atoms with Gasteiger partial charge < -0.3 is 5.11 Å². The first-order chi connectivity index (χ1) is 16.8. The number of rotatable bonds is 5. The standard InChI is InChI=1S/C25H23ClN6O2S/c1-5-17(25(33)34)22-23-31-30-14(4)32(23)24-20(12(2)13(3)35-24)21(29-22)16-8-6-15(7-9-16)18-10-27-11-19(26)28-18/h6-11,17,22H,5H2,1-4H3,(H,33,34)/t17?,22-/m0/s1. The minimum Gasteiger partial charge on any atom is -0.481 e. The number of hydrogen-bond acceptors (Lipinski definition) is 7. The van der Waals surface area contributed by atoms with Crippen molar-refractivity contribution in [1.29, 1.82) is 0 Å². The molecule has 0 spiro atoms. The highest BCUT2D eigenvalue weighted by molar-refractivity contribution is 7.15. The second-order valence-electron chi connectivity index (χ2n) is 8.48. The summed E-state index contributed by atoms with van der Waals surface area (Å²) in [5.41, 5.74) is 5.27. The summed E-state index contributed by atoms with van der Waals surface area (Å²) in [5.74, 6) is -0.372. The minimum atomic E-state index is -0.902. The van der Waals surface area contributed by atoms with Crippen LogP contribution in [-0.2, 0) is 4.79 Å². The van der Waals surface area contributed by atoms with Crippen molar-refractivity contribution in [3.05, 3.63) is 75.0 Å². The number of halogens is 1. The van der Waals surface area contributed by atoms with E-state index < -0.39 is 17.9 Å². The number of aryl methyl sites for hydroxylation is 2. The number of aliphatic imine (C=N–C) groups is 1. The molecule has 3 aromatic heterocycles. The van der Waals surface area contributed by atoms with Crippen LogP contribution >= 0.6 is 22.9 Å². The molecule has 1 aliphatic rings. The van der Waals surface area contributed by atoms with Gasteiger partial charge in [-0.2, -0.15) is 0 Å². The van der Waals surface area contributed by atoms with Gasteiger partial charge in [0.2, 0.25) is 0 Å². The molecule has 1 N–H and O–H groups in total. The number of carboxylic acid groups (broad SMARTS) is 1. The summed E-state index contributed by atoms with van der Waals surface area (Å²) in [4.78, 5) is 26.9. The van der Waals surface area contributed by atoms with Crippen LogP contribution in [0.4, 0.5) is 0 Å². The first-order valence-corrected chi connectivity index (χ1v) is 12.4. The first kappa shape index (κ1) is 23.3. The maximum Gasteiger partial charge on any atom is 0.309 e. The predicted molar refractivity (Wildman–Crippen MR) is 136 cm³/mol. The van der Waals surface area contributed by atoms with Gasteiger partial charge in [0.05, 0.1) is 29.7 Å². The molecule has 1 unspecified atom stereocenters. The Morgan fingerprint density at radius 1 is 1.14 bits per heavy atom. The van der Waals surface area contributed by atoms with Crippen LogP contribution in [0, 0.1) is 26.7 Å². The van der Waals surface area contributed by atoms with Crippen molar-refractivity contribution in [1.82, 2.24) is 24.7 Å². The molecule has 0 saturated carbocycles. The molecule has 4 heterocycles. The van der Waals surface area contributed by atoms with Crippen molar-refractivity contribution in [2.45, 2.75) is 40.2 Å². The largest absolute Gasteiger partial charge is 0.481 e. The van der Waals surface area contributed by atoms with Gasteiger partial charge in [0.1, 0.15) is 22.0 Å². The van der Waals surface area contributed by atoms with Crippen LogP contribution in [0.15, 0.2) is 41.7 Å². The molecule has 1 aromatic carbocycles. The molecule has 0 bridgehead atoms. The van der Waals surface area contributed by atoms with Gasteiger partial charge in [-0.25, -0.2) is 4.98 Å². The molecule has 8 nitrogen and oxygen atoms in total. The second-order valence-corrected chi connectivity index (χ2v) is 10.1. The Morgan fingerprint density at radius 3 is 2.51 bits per heavy atom. The van der Waals surface area contributed by atoms with Gasteiger partial charge in [0.25, 0.3) is 0 Å². The lowest BCUT2D eigenvalue weighted by atomic mass is 9.95. The van der Waals surface area contributed by atoms with Crippen molar-refractivity contribution in [3.8, 4) is 16.3 Å². The monoisotopic (exact) mass is 506 g/mol. The van der Waals surface area contributed by atoms with Crippen LogP contribution in [0.5, 0.6) is 0 Å². The molecule has 178 valence electrons. The van der Waals surface area contributed by atoms with Crippen molar-refractivity contribution in [3.63, 3.8) is 0 Å². The molecule has 4 aromatic rings. The average molecular weight is 507 g/mol. The molecule has 35 heavy (non-hydrogen) atoms. The normalized spacial score (nSPS) is 15.7. The second kappa shape index (κ2) is 8.98. The molecule has 0 radical (unpaired) electrons. The number of aliphatic carboxylic acids is 1. The Hall–Kier alpha value is -3.43. The van der Waals surface area contributed by atoms with Crippen molar-refractivity contribution < 1.29 is 9.90 Å². The van der Waals surface area contributed by atoms with Crippen LogP contribution in [0.25, 0.3) is 16.3 Å². The molecular formula is C25H23ClN6O2S. The van der Waals surface area contributed by atoms with Crippen molar-refractivity contribution >= 4 is 34.6 Å². The van der Waals surface area contributed by atoms with E-state index in [0.29, 0.717) is 28.9 Å². The number of nitrogens with zero attached hydrogens (tertiary/aromatic N) is 6. The number of carbonyl (C=O) groups is 1. The highest BCUT2D eigenvalue weighted by Crippen LogP contribution is 2.41. The lowest BCUT2D eigenvalue weighted by molar-refractivity contribution is -0.142. The fourth-order valence-corrected chi connectivity index (χ4v) is 5.79. The van der Waals surface area contributed by atoms with Gasteiger partial charge in [-0.05, 0) is 32.8 Å². The number of hydrogen-bond donors (Lipinski definition) is 1. The van der Waals surface area contributed by atoms with E-state index in [1.165, 1.54) is 6.20 Å². The molecule has 2 atom stereocenters. The van der Waals surface area contributed by atoms with Gasteiger partial charge in [-0.1, -0.05) is 42.8 Å². The zero-order valence-corrected chi connectivity index (χ0v) is 21.2. The highest BCUT2D eigenvalue weighted by Gasteiger charge is 2.37. The highest BCUT2D eigenvalue weighted by atomic mass is 35.5. The number of thiophene rings is 1. The van der Waals surface area contributed by atoms with Crippen LogP contribution in [0.2, 0.25) is 5.15 Å². The van der Waals surface area contributed by atoms with E-state index >= 15 is 0 Å². The lowest BCUT2D eigenvalue weighted by Gasteiger charge is -2.18. The molecule has 0 amide bonds. The van der Waals surface area contributed by atoms with E-state index in [2.05, 4.69) is 34.0 Å². The zero-order chi connectivity index (χ0) is 24.9. The zero-order valence-electron chi connectivity index (χ0n) is 19.7. The first-order valence-electron chi connectivity index (χ1n) is 11.2. The summed E-state index contributed by atoms with van der Waals surface area (Å²) in [5, 5.41) is 20.0.